The molecule has 0 aliphatic heterocycles. The van der Waals surface area contributed by atoms with Gasteiger partial charge in [0.15, 0.2) is 9.84 Å². The lowest BCUT2D eigenvalue weighted by atomic mass is 10.2. The van der Waals surface area contributed by atoms with Crippen molar-refractivity contribution in [3.05, 3.63) is 59.5 Å². The quantitative estimate of drug-likeness (QED) is 0.742. The molecule has 0 radical (unpaired) electrons. The third kappa shape index (κ3) is 3.72. The second-order valence-corrected chi connectivity index (χ2v) is 8.51. The minimum absolute atomic E-state index is 0.285. The maximum atomic E-state index is 11.4. The molecular weight excluding hydrogens is 330 g/mol. The minimum Gasteiger partial charge on any atom is -0.386 e. The van der Waals surface area contributed by atoms with Gasteiger partial charge >= 0.3 is 0 Å². The standard InChI is InChI=1S/C17H17NO3S2/c1-23(20,21)14-8-6-13(7-9-14)18-11-15(19)17-10-12-4-2-3-5-16(12)22-17/h2-10,15,18-19H,11H2,1H3/t15-/m0/s1. The van der Waals surface area contributed by atoms with Crippen LogP contribution in [0.2, 0.25) is 0 Å². The van der Waals surface area contributed by atoms with Crippen LogP contribution in [-0.4, -0.2) is 26.3 Å². The van der Waals surface area contributed by atoms with Crippen LogP contribution in [0.15, 0.2) is 59.5 Å². The number of hydrogen-bond donors (Lipinski definition) is 2. The Balaban J connectivity index is 1.67. The van der Waals surface area contributed by atoms with E-state index in [0.717, 1.165) is 20.7 Å². The highest BCUT2D eigenvalue weighted by Gasteiger charge is 2.11. The molecule has 0 fully saturated rings. The molecule has 120 valence electrons. The molecule has 0 saturated heterocycles. The Morgan fingerprint density at radius 2 is 1.83 bits per heavy atom. The molecule has 0 amide bonds. The van der Waals surface area contributed by atoms with Crippen LogP contribution in [0.1, 0.15) is 11.0 Å². The molecule has 2 aromatic carbocycles. The van der Waals surface area contributed by atoms with Gasteiger partial charge in [-0.3, -0.25) is 0 Å². The molecule has 1 aromatic heterocycles. The number of nitrogens with one attached hydrogen (secondary N) is 1. The van der Waals surface area contributed by atoms with Crippen molar-refractivity contribution in [3.63, 3.8) is 0 Å². The highest BCUT2D eigenvalue weighted by Crippen LogP contribution is 2.30. The molecule has 3 rings (SSSR count). The molecule has 4 nitrogen and oxygen atoms in total. The van der Waals surface area contributed by atoms with E-state index < -0.39 is 15.9 Å². The summed E-state index contributed by atoms with van der Waals surface area (Å²) in [5.74, 6) is 0. The second-order valence-electron chi connectivity index (χ2n) is 5.38. The highest BCUT2D eigenvalue weighted by atomic mass is 32.2. The monoisotopic (exact) mass is 347 g/mol. The zero-order valence-corrected chi connectivity index (χ0v) is 14.2. The average molecular weight is 347 g/mol. The van der Waals surface area contributed by atoms with Crippen molar-refractivity contribution < 1.29 is 13.5 Å². The summed E-state index contributed by atoms with van der Waals surface area (Å²) in [5, 5.41) is 14.6. The first-order valence-electron chi connectivity index (χ1n) is 7.14. The number of hydrogen-bond acceptors (Lipinski definition) is 5. The first-order valence-corrected chi connectivity index (χ1v) is 9.85. The van der Waals surface area contributed by atoms with Crippen LogP contribution in [0.5, 0.6) is 0 Å². The van der Waals surface area contributed by atoms with Crippen LogP contribution in [-0.2, 0) is 9.84 Å². The summed E-state index contributed by atoms with van der Waals surface area (Å²) in [6.07, 6.45) is 0.572. The molecule has 3 aromatic rings. The fraction of sp³-hybridized carbons (Fsp3) is 0.176. The molecule has 0 bridgehead atoms. The maximum Gasteiger partial charge on any atom is 0.175 e. The number of thiophene rings is 1. The smallest absolute Gasteiger partial charge is 0.175 e. The molecule has 1 atom stereocenters. The van der Waals surface area contributed by atoms with E-state index in [0.29, 0.717) is 6.54 Å². The topological polar surface area (TPSA) is 66.4 Å². The van der Waals surface area contributed by atoms with Crippen LogP contribution >= 0.6 is 11.3 Å². The third-order valence-corrected chi connectivity index (χ3v) is 5.90. The lowest BCUT2D eigenvalue weighted by Gasteiger charge is -2.11. The average Bonchev–Trinajstić information content (AvgIpc) is 2.96. The van der Waals surface area contributed by atoms with Crippen LogP contribution in [0.4, 0.5) is 5.69 Å². The molecule has 0 saturated carbocycles. The number of fused-ring (bicyclic) bond motifs is 1. The number of aliphatic hydroxyl groups is 1. The summed E-state index contributed by atoms with van der Waals surface area (Å²) < 4.78 is 24.0. The molecule has 23 heavy (non-hydrogen) atoms. The SMILES string of the molecule is CS(=O)(=O)c1ccc(NC[C@H](O)c2cc3ccccc3s2)cc1. The predicted octanol–water partition coefficient (Wildman–Crippen LogP) is 3.45. The van der Waals surface area contributed by atoms with E-state index in [2.05, 4.69) is 5.32 Å². The minimum atomic E-state index is -3.18. The summed E-state index contributed by atoms with van der Waals surface area (Å²) in [6, 6.07) is 16.5. The summed E-state index contributed by atoms with van der Waals surface area (Å²) in [4.78, 5) is 1.19. The van der Waals surface area contributed by atoms with Crippen LogP contribution in [0.3, 0.4) is 0 Å². The van der Waals surface area contributed by atoms with Gasteiger partial charge in [-0.15, -0.1) is 11.3 Å². The zero-order valence-electron chi connectivity index (χ0n) is 12.6. The van der Waals surface area contributed by atoms with E-state index in [1.807, 2.05) is 30.3 Å². The van der Waals surface area contributed by atoms with Crippen LogP contribution in [0, 0.1) is 0 Å². The van der Waals surface area contributed by atoms with Crippen molar-refractivity contribution in [2.75, 3.05) is 18.1 Å². The Morgan fingerprint density at radius 1 is 1.13 bits per heavy atom. The number of aliphatic hydroxyl groups excluding tert-OH is 1. The van der Waals surface area contributed by atoms with Gasteiger partial charge in [-0.25, -0.2) is 8.42 Å². The molecule has 0 spiro atoms. The predicted molar refractivity (Wildman–Crippen MR) is 94.8 cm³/mol. The number of rotatable bonds is 5. The first-order chi connectivity index (χ1) is 10.9. The van der Waals surface area contributed by atoms with Crippen molar-refractivity contribution in [3.8, 4) is 0 Å². The fourth-order valence-electron chi connectivity index (χ4n) is 2.30. The molecule has 0 unspecified atom stereocenters. The van der Waals surface area contributed by atoms with Gasteiger partial charge in [0, 0.05) is 28.1 Å². The van der Waals surface area contributed by atoms with Crippen molar-refractivity contribution in [2.45, 2.75) is 11.0 Å². The van der Waals surface area contributed by atoms with Crippen LogP contribution in [0.25, 0.3) is 10.1 Å². The van der Waals surface area contributed by atoms with Gasteiger partial charge < -0.3 is 10.4 Å². The van der Waals surface area contributed by atoms with Crippen molar-refractivity contribution >= 4 is 36.9 Å². The molecule has 2 N–H and O–H groups in total. The summed E-state index contributed by atoms with van der Waals surface area (Å²) >= 11 is 1.58. The normalized spacial score (nSPS) is 13.1. The highest BCUT2D eigenvalue weighted by molar-refractivity contribution is 7.90. The molecule has 6 heteroatoms. The van der Waals surface area contributed by atoms with Gasteiger partial charge in [-0.2, -0.15) is 0 Å². The first kappa shape index (κ1) is 16.0. The van der Waals surface area contributed by atoms with Crippen molar-refractivity contribution in [1.29, 1.82) is 0 Å². The Hall–Kier alpha value is -1.89. The summed E-state index contributed by atoms with van der Waals surface area (Å²) in [6.45, 7) is 0.366. The Bertz CT molecular complexity index is 881. The number of anilines is 1. The van der Waals surface area contributed by atoms with Gasteiger partial charge in [0.2, 0.25) is 0 Å². The van der Waals surface area contributed by atoms with E-state index in [-0.39, 0.29) is 4.90 Å². The zero-order chi connectivity index (χ0) is 16.4. The Kier molecular flexibility index (Phi) is 4.39. The molecule has 0 aliphatic carbocycles. The Labute approximate surface area is 139 Å². The summed E-state index contributed by atoms with van der Waals surface area (Å²) in [7, 11) is -3.18. The van der Waals surface area contributed by atoms with Crippen molar-refractivity contribution in [2.24, 2.45) is 0 Å². The van der Waals surface area contributed by atoms with Gasteiger partial charge in [0.1, 0.15) is 6.10 Å². The lowest BCUT2D eigenvalue weighted by Crippen LogP contribution is -2.11. The van der Waals surface area contributed by atoms with E-state index in [9.17, 15) is 13.5 Å². The van der Waals surface area contributed by atoms with Gasteiger partial charge in [0.25, 0.3) is 0 Å². The largest absolute Gasteiger partial charge is 0.386 e. The van der Waals surface area contributed by atoms with Gasteiger partial charge in [-0.1, -0.05) is 18.2 Å². The van der Waals surface area contributed by atoms with E-state index in [1.54, 1.807) is 35.6 Å². The number of sulfone groups is 1. The van der Waals surface area contributed by atoms with Crippen molar-refractivity contribution in [1.82, 2.24) is 0 Å². The fourth-order valence-corrected chi connectivity index (χ4v) is 3.98. The molecule has 1 heterocycles. The molecular formula is C17H17NO3S2. The third-order valence-electron chi connectivity index (χ3n) is 3.56. The van der Waals surface area contributed by atoms with Crippen LogP contribution < -0.4 is 5.32 Å². The molecule has 0 aliphatic rings. The van der Waals surface area contributed by atoms with E-state index >= 15 is 0 Å². The maximum absolute atomic E-state index is 11.4. The lowest BCUT2D eigenvalue weighted by molar-refractivity contribution is 0.195. The number of benzene rings is 2. The van der Waals surface area contributed by atoms with E-state index in [1.165, 1.54) is 6.26 Å². The van der Waals surface area contributed by atoms with Gasteiger partial charge in [0.05, 0.1) is 4.90 Å². The van der Waals surface area contributed by atoms with E-state index in [4.69, 9.17) is 0 Å². The Morgan fingerprint density at radius 3 is 2.48 bits per heavy atom. The van der Waals surface area contributed by atoms with Gasteiger partial charge in [-0.05, 0) is 41.8 Å². The second kappa shape index (κ2) is 6.31. The summed E-state index contributed by atoms with van der Waals surface area (Å²) in [5.41, 5.74) is 0.776.